The number of carbonyl (C=O) groups is 1. The van der Waals surface area contributed by atoms with Crippen molar-refractivity contribution in [2.75, 3.05) is 13.7 Å². The van der Waals surface area contributed by atoms with Gasteiger partial charge in [0.05, 0.1) is 7.11 Å². The van der Waals surface area contributed by atoms with Gasteiger partial charge in [-0.05, 0) is 37.9 Å². The van der Waals surface area contributed by atoms with Crippen molar-refractivity contribution >= 4 is 5.97 Å². The number of nitrogens with two attached hydrogens (primary N) is 1. The molecule has 5 heteroatoms. The van der Waals surface area contributed by atoms with Gasteiger partial charge in [0.2, 0.25) is 0 Å². The Morgan fingerprint density at radius 3 is 2.80 bits per heavy atom. The number of hydrogen-bond donors (Lipinski definition) is 2. The Bertz CT molecular complexity index is 475. The minimum atomic E-state index is -1.01. The Balaban J connectivity index is 2.28. The second-order valence-corrected chi connectivity index (χ2v) is 5.08. The van der Waals surface area contributed by atoms with Crippen LogP contribution in [0.15, 0.2) is 18.2 Å². The Labute approximate surface area is 118 Å². The monoisotopic (exact) mass is 279 g/mol. The van der Waals surface area contributed by atoms with Crippen molar-refractivity contribution in [3.05, 3.63) is 23.8 Å². The van der Waals surface area contributed by atoms with Gasteiger partial charge in [-0.1, -0.05) is 12.5 Å². The molecule has 1 aliphatic carbocycles. The topological polar surface area (TPSA) is 81.8 Å². The van der Waals surface area contributed by atoms with Crippen molar-refractivity contribution in [1.82, 2.24) is 0 Å². The predicted octanol–water partition coefficient (Wildman–Crippen LogP) is 2.29. The number of methoxy groups -OCH3 is 1. The summed E-state index contributed by atoms with van der Waals surface area (Å²) in [5.41, 5.74) is 5.92. The molecule has 0 spiro atoms. The van der Waals surface area contributed by atoms with Gasteiger partial charge in [-0.15, -0.1) is 0 Å². The molecule has 110 valence electrons. The lowest BCUT2D eigenvalue weighted by Crippen LogP contribution is -2.35. The molecule has 3 N–H and O–H groups in total. The molecular weight excluding hydrogens is 258 g/mol. The van der Waals surface area contributed by atoms with Crippen LogP contribution < -0.4 is 15.2 Å². The van der Waals surface area contributed by atoms with Gasteiger partial charge in [0, 0.05) is 5.92 Å². The maximum absolute atomic E-state index is 11.3. The molecule has 0 aliphatic heterocycles. The van der Waals surface area contributed by atoms with Crippen LogP contribution >= 0.6 is 0 Å². The highest BCUT2D eigenvalue weighted by Gasteiger charge is 2.28. The third-order valence-electron chi connectivity index (χ3n) is 3.84. The quantitative estimate of drug-likeness (QED) is 0.864. The molecule has 0 radical (unpaired) electrons. The van der Waals surface area contributed by atoms with E-state index >= 15 is 0 Å². The summed E-state index contributed by atoms with van der Waals surface area (Å²) in [6.07, 6.45) is 4.12. The maximum atomic E-state index is 11.3. The fraction of sp³-hybridized carbons (Fsp3) is 0.533. The molecule has 1 aromatic carbocycles. The zero-order chi connectivity index (χ0) is 14.5. The molecule has 1 saturated carbocycles. The smallest absolute Gasteiger partial charge is 0.339 e. The summed E-state index contributed by atoms with van der Waals surface area (Å²) in [6, 6.07) is 4.89. The van der Waals surface area contributed by atoms with Crippen molar-refractivity contribution in [1.29, 1.82) is 0 Å². The van der Waals surface area contributed by atoms with Crippen LogP contribution in [0.3, 0.4) is 0 Å². The fourth-order valence-electron chi connectivity index (χ4n) is 2.72. The summed E-state index contributed by atoms with van der Waals surface area (Å²) < 4.78 is 11.2. The molecule has 0 amide bonds. The van der Waals surface area contributed by atoms with Crippen LogP contribution in [0.5, 0.6) is 11.5 Å². The lowest BCUT2D eigenvalue weighted by molar-refractivity contribution is 0.0665. The van der Waals surface area contributed by atoms with E-state index in [9.17, 15) is 9.90 Å². The Morgan fingerprint density at radius 2 is 2.15 bits per heavy atom. The van der Waals surface area contributed by atoms with Crippen LogP contribution in [0.4, 0.5) is 0 Å². The molecule has 2 atom stereocenters. The first-order valence-corrected chi connectivity index (χ1v) is 6.94. The highest BCUT2D eigenvalue weighted by atomic mass is 16.5. The van der Waals surface area contributed by atoms with Gasteiger partial charge in [-0.25, -0.2) is 4.79 Å². The Kier molecular flexibility index (Phi) is 4.84. The van der Waals surface area contributed by atoms with E-state index in [2.05, 4.69) is 0 Å². The zero-order valence-electron chi connectivity index (χ0n) is 11.7. The van der Waals surface area contributed by atoms with Crippen LogP contribution in [0.25, 0.3) is 0 Å². The third kappa shape index (κ3) is 3.04. The summed E-state index contributed by atoms with van der Waals surface area (Å²) in [6.45, 7) is 0.558. The molecule has 2 unspecified atom stereocenters. The number of para-hydroxylation sites is 1. The molecule has 0 saturated heterocycles. The van der Waals surface area contributed by atoms with E-state index in [4.69, 9.17) is 15.2 Å². The second-order valence-electron chi connectivity index (χ2n) is 5.08. The summed E-state index contributed by atoms with van der Waals surface area (Å²) in [4.78, 5) is 11.3. The van der Waals surface area contributed by atoms with E-state index in [0.717, 1.165) is 25.7 Å². The number of carboxylic acids is 1. The van der Waals surface area contributed by atoms with Crippen molar-refractivity contribution in [3.8, 4) is 11.5 Å². The van der Waals surface area contributed by atoms with Gasteiger partial charge in [-0.2, -0.15) is 0 Å². The Morgan fingerprint density at radius 1 is 1.40 bits per heavy atom. The molecule has 1 fully saturated rings. The highest BCUT2D eigenvalue weighted by Crippen LogP contribution is 2.35. The first-order chi connectivity index (χ1) is 9.67. The van der Waals surface area contributed by atoms with Gasteiger partial charge >= 0.3 is 5.97 Å². The first kappa shape index (κ1) is 14.7. The molecule has 0 heterocycles. The largest absolute Gasteiger partial charge is 0.493 e. The number of hydrogen-bond acceptors (Lipinski definition) is 4. The summed E-state index contributed by atoms with van der Waals surface area (Å²) >= 11 is 0. The molecule has 5 nitrogen and oxygen atoms in total. The van der Waals surface area contributed by atoms with E-state index in [0.29, 0.717) is 18.0 Å². The average molecular weight is 279 g/mol. The van der Waals surface area contributed by atoms with Gasteiger partial charge in [0.1, 0.15) is 11.7 Å². The standard InChI is InChI=1S/C15H21NO4/c1-19-13-8-4-6-11(15(17)18)14(13)20-12-7-3-2-5-10(12)9-16/h4,6,8,10,12H,2-3,5,7,9,16H2,1H3,(H,17,18). The number of carboxylic acid groups (broad SMARTS) is 1. The molecule has 0 aromatic heterocycles. The molecule has 20 heavy (non-hydrogen) atoms. The van der Waals surface area contributed by atoms with Crippen molar-refractivity contribution in [3.63, 3.8) is 0 Å². The van der Waals surface area contributed by atoms with E-state index in [-0.39, 0.29) is 17.6 Å². The van der Waals surface area contributed by atoms with Crippen molar-refractivity contribution in [2.24, 2.45) is 11.7 Å². The van der Waals surface area contributed by atoms with Gasteiger partial charge < -0.3 is 20.3 Å². The fourth-order valence-corrected chi connectivity index (χ4v) is 2.72. The van der Waals surface area contributed by atoms with E-state index in [1.54, 1.807) is 12.1 Å². The van der Waals surface area contributed by atoms with Crippen molar-refractivity contribution < 1.29 is 19.4 Å². The van der Waals surface area contributed by atoms with E-state index in [1.807, 2.05) is 0 Å². The van der Waals surface area contributed by atoms with Crippen LogP contribution in [-0.2, 0) is 0 Å². The summed E-state index contributed by atoms with van der Waals surface area (Å²) in [7, 11) is 1.51. The Hall–Kier alpha value is -1.75. The number of rotatable bonds is 5. The lowest BCUT2D eigenvalue weighted by Gasteiger charge is -2.31. The number of aromatic carboxylic acids is 1. The molecular formula is C15H21NO4. The van der Waals surface area contributed by atoms with Gasteiger partial charge in [0.25, 0.3) is 0 Å². The number of ether oxygens (including phenoxy) is 2. The van der Waals surface area contributed by atoms with Crippen LogP contribution in [-0.4, -0.2) is 30.8 Å². The van der Waals surface area contributed by atoms with E-state index in [1.165, 1.54) is 13.2 Å². The molecule has 1 aliphatic rings. The zero-order valence-corrected chi connectivity index (χ0v) is 11.7. The first-order valence-electron chi connectivity index (χ1n) is 6.94. The molecule has 1 aromatic rings. The molecule has 0 bridgehead atoms. The maximum Gasteiger partial charge on any atom is 0.339 e. The lowest BCUT2D eigenvalue weighted by atomic mass is 9.86. The minimum Gasteiger partial charge on any atom is -0.493 e. The summed E-state index contributed by atoms with van der Waals surface area (Å²) in [5, 5.41) is 9.28. The number of benzene rings is 1. The van der Waals surface area contributed by atoms with Crippen LogP contribution in [0, 0.1) is 5.92 Å². The predicted molar refractivity (Wildman–Crippen MR) is 75.4 cm³/mol. The van der Waals surface area contributed by atoms with Gasteiger partial charge in [0.15, 0.2) is 11.5 Å². The minimum absolute atomic E-state index is 0.0388. The van der Waals surface area contributed by atoms with Crippen molar-refractivity contribution in [2.45, 2.75) is 31.8 Å². The SMILES string of the molecule is COc1cccc(C(=O)O)c1OC1CCCCC1CN. The summed E-state index contributed by atoms with van der Waals surface area (Å²) in [5.74, 6) is 0.0217. The molecule has 2 rings (SSSR count). The third-order valence-corrected chi connectivity index (χ3v) is 3.84. The van der Waals surface area contributed by atoms with Crippen LogP contribution in [0.1, 0.15) is 36.0 Å². The van der Waals surface area contributed by atoms with Crippen LogP contribution in [0.2, 0.25) is 0 Å². The second kappa shape index (κ2) is 6.61. The van der Waals surface area contributed by atoms with Gasteiger partial charge in [-0.3, -0.25) is 0 Å². The van der Waals surface area contributed by atoms with E-state index < -0.39 is 5.97 Å². The highest BCUT2D eigenvalue weighted by molar-refractivity contribution is 5.92. The normalized spacial score (nSPS) is 22.3. The average Bonchev–Trinajstić information content (AvgIpc) is 2.47.